The molecule has 0 aliphatic heterocycles. The van der Waals surface area contributed by atoms with Gasteiger partial charge in [-0.3, -0.25) is 14.5 Å². The summed E-state index contributed by atoms with van der Waals surface area (Å²) in [5.41, 5.74) is 0. The summed E-state index contributed by atoms with van der Waals surface area (Å²) >= 11 is 0. The number of rotatable bonds is 7. The van der Waals surface area contributed by atoms with Gasteiger partial charge in [-0.05, 0) is 41.7 Å². The van der Waals surface area contributed by atoms with Gasteiger partial charge >= 0.3 is 5.97 Å². The van der Waals surface area contributed by atoms with Crippen molar-refractivity contribution in [3.63, 3.8) is 0 Å². The van der Waals surface area contributed by atoms with Crippen molar-refractivity contribution >= 4 is 24.3 Å². The molecule has 114 valence electrons. The lowest BCUT2D eigenvalue weighted by Gasteiger charge is -2.35. The van der Waals surface area contributed by atoms with Gasteiger partial charge in [-0.25, -0.2) is 0 Å². The van der Waals surface area contributed by atoms with E-state index < -0.39 is 5.97 Å². The first kappa shape index (κ1) is 20.5. The van der Waals surface area contributed by atoms with Crippen LogP contribution in [0.1, 0.15) is 41.0 Å². The lowest BCUT2D eigenvalue weighted by atomic mass is 10.1. The van der Waals surface area contributed by atoms with Crippen LogP contribution in [0.4, 0.5) is 0 Å². The van der Waals surface area contributed by atoms with Gasteiger partial charge < -0.3 is 10.0 Å². The van der Waals surface area contributed by atoms with E-state index in [4.69, 9.17) is 5.11 Å². The van der Waals surface area contributed by atoms with E-state index in [0.29, 0.717) is 6.54 Å². The Hall–Kier alpha value is -0.810. The van der Waals surface area contributed by atoms with Crippen LogP contribution in [0, 0.1) is 0 Å². The van der Waals surface area contributed by atoms with Crippen molar-refractivity contribution in [1.82, 2.24) is 9.80 Å². The molecule has 19 heavy (non-hydrogen) atoms. The molecule has 0 aliphatic rings. The molecule has 0 heterocycles. The second-order valence-electron chi connectivity index (χ2n) is 5.23. The maximum atomic E-state index is 12.3. The van der Waals surface area contributed by atoms with E-state index in [1.807, 2.05) is 39.5 Å². The van der Waals surface area contributed by atoms with Crippen LogP contribution in [0.3, 0.4) is 0 Å². The van der Waals surface area contributed by atoms with Crippen LogP contribution in [0.25, 0.3) is 0 Å². The molecule has 0 saturated heterocycles. The monoisotopic (exact) mass is 294 g/mol. The Labute approximate surface area is 122 Å². The molecule has 1 unspecified atom stereocenters. The fourth-order valence-electron chi connectivity index (χ4n) is 1.98. The largest absolute Gasteiger partial charge is 0.481 e. The minimum atomic E-state index is -0.842. The number of hydrogen-bond acceptors (Lipinski definition) is 3. The molecule has 6 heteroatoms. The third-order valence-corrected chi connectivity index (χ3v) is 3.06. The standard InChI is InChI=1S/C13H26N2O3.ClH/c1-9(2)15(10(3)4)13(18)11(5)14(6)8-7-12(16)17;/h9-11H,7-8H2,1-6H3,(H,16,17);1H. The zero-order valence-corrected chi connectivity index (χ0v) is 13.5. The van der Waals surface area contributed by atoms with Crippen LogP contribution in [0.15, 0.2) is 0 Å². The van der Waals surface area contributed by atoms with Gasteiger partial charge in [0.15, 0.2) is 0 Å². The third kappa shape index (κ3) is 6.78. The highest BCUT2D eigenvalue weighted by Gasteiger charge is 2.27. The molecule has 1 amide bonds. The average Bonchev–Trinajstić information content (AvgIpc) is 2.23. The second kappa shape index (κ2) is 9.15. The van der Waals surface area contributed by atoms with Crippen LogP contribution in [-0.2, 0) is 9.59 Å². The van der Waals surface area contributed by atoms with Gasteiger partial charge in [0, 0.05) is 18.6 Å². The summed E-state index contributed by atoms with van der Waals surface area (Å²) in [5, 5.41) is 8.65. The van der Waals surface area contributed by atoms with E-state index in [9.17, 15) is 9.59 Å². The number of carboxylic acids is 1. The van der Waals surface area contributed by atoms with Gasteiger partial charge in [-0.15, -0.1) is 12.4 Å². The minimum absolute atomic E-state index is 0. The van der Waals surface area contributed by atoms with Gasteiger partial charge in [0.25, 0.3) is 0 Å². The van der Waals surface area contributed by atoms with E-state index in [1.165, 1.54) is 0 Å². The van der Waals surface area contributed by atoms with Gasteiger partial charge in [0.05, 0.1) is 12.5 Å². The molecule has 0 radical (unpaired) electrons. The van der Waals surface area contributed by atoms with E-state index in [0.717, 1.165) is 0 Å². The maximum absolute atomic E-state index is 12.3. The van der Waals surface area contributed by atoms with Gasteiger partial charge in [0.1, 0.15) is 0 Å². The molecule has 0 spiro atoms. The van der Waals surface area contributed by atoms with Crippen LogP contribution < -0.4 is 0 Å². The first-order valence-electron chi connectivity index (χ1n) is 6.42. The number of carbonyl (C=O) groups is 2. The molecule has 1 atom stereocenters. The van der Waals surface area contributed by atoms with Crippen LogP contribution in [0.5, 0.6) is 0 Å². The second-order valence-corrected chi connectivity index (χ2v) is 5.23. The predicted molar refractivity (Wildman–Crippen MR) is 78.7 cm³/mol. The van der Waals surface area contributed by atoms with Gasteiger partial charge in [0.2, 0.25) is 5.91 Å². The van der Waals surface area contributed by atoms with Crippen LogP contribution >= 0.6 is 12.4 Å². The molecule has 0 aromatic rings. The summed E-state index contributed by atoms with van der Waals surface area (Å²) in [4.78, 5) is 26.5. The number of carboxylic acid groups (broad SMARTS) is 1. The van der Waals surface area contributed by atoms with Crippen molar-refractivity contribution in [1.29, 1.82) is 0 Å². The fourth-order valence-corrected chi connectivity index (χ4v) is 1.98. The molecule has 0 rings (SSSR count). The maximum Gasteiger partial charge on any atom is 0.304 e. The first-order chi connectivity index (χ1) is 8.18. The topological polar surface area (TPSA) is 60.9 Å². The molecular weight excluding hydrogens is 268 g/mol. The smallest absolute Gasteiger partial charge is 0.304 e. The summed E-state index contributed by atoms with van der Waals surface area (Å²) in [6, 6.07) is -0.00482. The van der Waals surface area contributed by atoms with Crippen molar-refractivity contribution in [3.05, 3.63) is 0 Å². The van der Waals surface area contributed by atoms with E-state index in [1.54, 1.807) is 11.9 Å². The number of likely N-dealkylation sites (N-methyl/N-ethyl adjacent to an activating group) is 1. The molecule has 5 nitrogen and oxygen atoms in total. The molecule has 0 bridgehead atoms. The Morgan fingerprint density at radius 1 is 1.05 bits per heavy atom. The lowest BCUT2D eigenvalue weighted by molar-refractivity contribution is -0.142. The average molecular weight is 295 g/mol. The Kier molecular flexibility index (Phi) is 9.88. The first-order valence-corrected chi connectivity index (χ1v) is 6.42. The Morgan fingerprint density at radius 3 is 1.79 bits per heavy atom. The summed E-state index contributed by atoms with van der Waals surface area (Å²) in [6.45, 7) is 10.2. The van der Waals surface area contributed by atoms with E-state index in [2.05, 4.69) is 0 Å². The van der Waals surface area contributed by atoms with Gasteiger partial charge in [-0.1, -0.05) is 0 Å². The molecule has 0 fully saturated rings. The number of nitrogens with zero attached hydrogens (tertiary/aromatic N) is 2. The number of aliphatic carboxylic acids is 1. The Bertz CT molecular complexity index is 288. The highest BCUT2D eigenvalue weighted by molar-refractivity contribution is 5.85. The van der Waals surface area contributed by atoms with Crippen LogP contribution in [0.2, 0.25) is 0 Å². The number of amides is 1. The zero-order valence-electron chi connectivity index (χ0n) is 12.7. The molecule has 0 aromatic heterocycles. The number of halogens is 1. The Morgan fingerprint density at radius 2 is 1.47 bits per heavy atom. The summed E-state index contributed by atoms with van der Waals surface area (Å²) in [5.74, 6) is -0.793. The number of carbonyl (C=O) groups excluding carboxylic acids is 1. The molecule has 0 aromatic carbocycles. The quantitative estimate of drug-likeness (QED) is 0.778. The fraction of sp³-hybridized carbons (Fsp3) is 0.846. The summed E-state index contributed by atoms with van der Waals surface area (Å²) < 4.78 is 0. The lowest BCUT2D eigenvalue weighted by Crippen LogP contribution is -2.51. The summed E-state index contributed by atoms with van der Waals surface area (Å²) in [6.07, 6.45) is 0.0531. The molecule has 0 saturated carbocycles. The van der Waals surface area contributed by atoms with Crippen molar-refractivity contribution in [2.45, 2.75) is 59.2 Å². The molecular formula is C13H27ClN2O3. The van der Waals surface area contributed by atoms with Crippen molar-refractivity contribution in [2.75, 3.05) is 13.6 Å². The van der Waals surface area contributed by atoms with Crippen LogP contribution in [-0.4, -0.2) is 58.5 Å². The highest BCUT2D eigenvalue weighted by Crippen LogP contribution is 2.10. The van der Waals surface area contributed by atoms with Crippen molar-refractivity contribution < 1.29 is 14.7 Å². The highest BCUT2D eigenvalue weighted by atomic mass is 35.5. The van der Waals surface area contributed by atoms with Gasteiger partial charge in [-0.2, -0.15) is 0 Å². The normalized spacial score (nSPS) is 12.5. The van der Waals surface area contributed by atoms with E-state index >= 15 is 0 Å². The predicted octanol–water partition coefficient (Wildman–Crippen LogP) is 1.85. The molecule has 0 aliphatic carbocycles. The van der Waals surface area contributed by atoms with E-state index in [-0.39, 0.29) is 42.9 Å². The minimum Gasteiger partial charge on any atom is -0.481 e. The Balaban J connectivity index is 0. The summed E-state index contributed by atoms with van der Waals surface area (Å²) in [7, 11) is 1.78. The van der Waals surface area contributed by atoms with Crippen molar-refractivity contribution in [3.8, 4) is 0 Å². The zero-order chi connectivity index (χ0) is 14.5. The SMILES string of the molecule is CC(C(=O)N(C(C)C)C(C)C)N(C)CCC(=O)O.Cl. The third-order valence-electron chi connectivity index (χ3n) is 3.06. The van der Waals surface area contributed by atoms with Crippen molar-refractivity contribution in [2.24, 2.45) is 0 Å². The molecule has 1 N–H and O–H groups in total. The number of hydrogen-bond donors (Lipinski definition) is 1.